The average molecular weight is 375 g/mol. The van der Waals surface area contributed by atoms with Crippen molar-refractivity contribution in [2.24, 2.45) is 5.92 Å². The van der Waals surface area contributed by atoms with Gasteiger partial charge in [0.2, 0.25) is 11.8 Å². The molecule has 0 aliphatic heterocycles. The van der Waals surface area contributed by atoms with Gasteiger partial charge in [-0.2, -0.15) is 5.10 Å². The molecule has 2 amide bonds. The number of aliphatic hydroxyl groups excluding tert-OH is 1. The Morgan fingerprint density at radius 1 is 1.41 bits per heavy atom. The van der Waals surface area contributed by atoms with Crippen molar-refractivity contribution in [2.75, 3.05) is 0 Å². The molecule has 1 fully saturated rings. The third kappa shape index (κ3) is 4.70. The van der Waals surface area contributed by atoms with Gasteiger partial charge in [0.1, 0.15) is 6.33 Å². The van der Waals surface area contributed by atoms with Crippen LogP contribution >= 0.6 is 0 Å². The van der Waals surface area contributed by atoms with Gasteiger partial charge in [0, 0.05) is 23.9 Å². The molecule has 0 saturated heterocycles. The first-order valence-corrected chi connectivity index (χ1v) is 9.05. The molecule has 3 rings (SSSR count). The predicted octanol–water partition coefficient (Wildman–Crippen LogP) is -0.303. The Hall–Kier alpha value is -2.75. The third-order valence-corrected chi connectivity index (χ3v) is 4.78. The molecule has 0 unspecified atom stereocenters. The smallest absolute Gasteiger partial charge is 0.226 e. The van der Waals surface area contributed by atoms with Gasteiger partial charge in [0.05, 0.1) is 25.1 Å². The highest BCUT2D eigenvalue weighted by Gasteiger charge is 2.37. The van der Waals surface area contributed by atoms with E-state index in [9.17, 15) is 14.7 Å². The zero-order chi connectivity index (χ0) is 19.4. The van der Waals surface area contributed by atoms with Gasteiger partial charge in [-0.15, -0.1) is 10.2 Å². The Morgan fingerprint density at radius 3 is 2.93 bits per heavy atom. The van der Waals surface area contributed by atoms with Crippen LogP contribution in [0.1, 0.15) is 44.2 Å². The van der Waals surface area contributed by atoms with E-state index in [2.05, 4.69) is 31.0 Å². The molecule has 10 heteroatoms. The number of aliphatic hydroxyl groups is 1. The molecule has 2 heterocycles. The lowest BCUT2D eigenvalue weighted by Gasteiger charge is -2.16. The summed E-state index contributed by atoms with van der Waals surface area (Å²) in [5, 5.41) is 30.3. The van der Waals surface area contributed by atoms with Gasteiger partial charge in [-0.25, -0.2) is 0 Å². The van der Waals surface area contributed by atoms with Crippen molar-refractivity contribution < 1.29 is 14.7 Å². The summed E-state index contributed by atoms with van der Waals surface area (Å²) in [5.41, 5.74) is 0.698. The molecule has 2 aromatic heterocycles. The molecule has 1 aliphatic carbocycles. The molecule has 0 bridgehead atoms. The van der Waals surface area contributed by atoms with Crippen molar-refractivity contribution in [3.8, 4) is 0 Å². The molecule has 10 nitrogen and oxygen atoms in total. The second-order valence-electron chi connectivity index (χ2n) is 7.13. The summed E-state index contributed by atoms with van der Waals surface area (Å²) < 4.78 is 1.89. The summed E-state index contributed by atoms with van der Waals surface area (Å²) in [5.74, 6) is -0.0405. The number of aromatic nitrogens is 5. The van der Waals surface area contributed by atoms with Crippen molar-refractivity contribution in [1.82, 2.24) is 35.6 Å². The predicted molar refractivity (Wildman–Crippen MR) is 95.2 cm³/mol. The Bertz CT molecular complexity index is 771. The topological polar surface area (TPSA) is 138 Å². The van der Waals surface area contributed by atoms with E-state index >= 15 is 0 Å². The summed E-state index contributed by atoms with van der Waals surface area (Å²) in [6.07, 6.45) is 3.34. The largest absolute Gasteiger partial charge is 0.391 e. The normalized spacial score (nSPS) is 22.1. The highest BCUT2D eigenvalue weighted by molar-refractivity contribution is 5.80. The molecule has 3 atom stereocenters. The summed E-state index contributed by atoms with van der Waals surface area (Å²) in [6.45, 7) is 4.30. The fourth-order valence-electron chi connectivity index (χ4n) is 3.33. The van der Waals surface area contributed by atoms with E-state index in [0.29, 0.717) is 24.4 Å². The molecule has 0 aromatic carbocycles. The van der Waals surface area contributed by atoms with Crippen molar-refractivity contribution in [2.45, 2.75) is 57.8 Å². The highest BCUT2D eigenvalue weighted by Crippen LogP contribution is 2.26. The second-order valence-corrected chi connectivity index (χ2v) is 7.13. The van der Waals surface area contributed by atoms with E-state index in [1.54, 1.807) is 18.6 Å². The van der Waals surface area contributed by atoms with Crippen LogP contribution in [0.4, 0.5) is 0 Å². The first-order valence-electron chi connectivity index (χ1n) is 9.05. The molecule has 146 valence electrons. The van der Waals surface area contributed by atoms with Crippen LogP contribution in [0.5, 0.6) is 0 Å². The van der Waals surface area contributed by atoms with E-state index in [1.807, 2.05) is 18.4 Å². The average Bonchev–Trinajstić information content (AvgIpc) is 3.34. The van der Waals surface area contributed by atoms with E-state index in [1.165, 1.54) is 0 Å². The van der Waals surface area contributed by atoms with E-state index in [0.717, 1.165) is 0 Å². The van der Waals surface area contributed by atoms with E-state index < -0.39 is 12.1 Å². The molecule has 0 spiro atoms. The van der Waals surface area contributed by atoms with Gasteiger partial charge in [-0.1, -0.05) is 0 Å². The quantitative estimate of drug-likeness (QED) is 0.524. The number of amides is 2. The van der Waals surface area contributed by atoms with Gasteiger partial charge in [-0.05, 0) is 32.8 Å². The Kier molecular flexibility index (Phi) is 5.84. The maximum atomic E-state index is 12.4. The minimum absolute atomic E-state index is 0.155. The zero-order valence-electron chi connectivity index (χ0n) is 15.4. The second kappa shape index (κ2) is 8.30. The van der Waals surface area contributed by atoms with Crippen molar-refractivity contribution in [1.29, 1.82) is 0 Å². The number of carbonyl (C=O) groups excluding carboxylic acids is 2. The molecule has 1 aliphatic rings. The van der Waals surface area contributed by atoms with Crippen LogP contribution in [0, 0.1) is 5.92 Å². The SMILES string of the molecule is CC(C)n1cnnc1CNC(=O)[C@H]1C[C@H](NC(=O)Cc2ccn[nH]2)[C@@H](O)C1. The number of H-pyrrole nitrogens is 1. The van der Waals surface area contributed by atoms with Crippen LogP contribution in [0.15, 0.2) is 18.6 Å². The van der Waals surface area contributed by atoms with Gasteiger partial charge in [0.25, 0.3) is 0 Å². The van der Waals surface area contributed by atoms with Crippen molar-refractivity contribution in [3.05, 3.63) is 30.1 Å². The first kappa shape index (κ1) is 19.0. The van der Waals surface area contributed by atoms with Crippen molar-refractivity contribution in [3.63, 3.8) is 0 Å². The van der Waals surface area contributed by atoms with Crippen LogP contribution in [0.3, 0.4) is 0 Å². The minimum atomic E-state index is -0.745. The molecule has 4 N–H and O–H groups in total. The van der Waals surface area contributed by atoms with Crippen LogP contribution in [0.25, 0.3) is 0 Å². The summed E-state index contributed by atoms with van der Waals surface area (Å²) in [6, 6.07) is 1.49. The fraction of sp³-hybridized carbons (Fsp3) is 0.588. The molecular formula is C17H25N7O3. The van der Waals surface area contributed by atoms with Gasteiger partial charge >= 0.3 is 0 Å². The Labute approximate surface area is 156 Å². The molecular weight excluding hydrogens is 350 g/mol. The molecule has 2 aromatic rings. The zero-order valence-corrected chi connectivity index (χ0v) is 15.4. The first-order chi connectivity index (χ1) is 12.9. The van der Waals surface area contributed by atoms with Crippen LogP contribution in [0.2, 0.25) is 0 Å². The maximum absolute atomic E-state index is 12.4. The number of hydrogen-bond donors (Lipinski definition) is 4. The van der Waals surface area contributed by atoms with E-state index in [-0.39, 0.29) is 36.7 Å². The Morgan fingerprint density at radius 2 is 2.22 bits per heavy atom. The monoisotopic (exact) mass is 375 g/mol. The molecule has 0 radical (unpaired) electrons. The standard InChI is InChI=1S/C17H25N7O3/c1-10(2)24-9-20-23-15(24)8-18-17(27)11-5-13(14(25)6-11)21-16(26)7-12-3-4-19-22-12/h3-4,9-11,13-14,25H,5-8H2,1-2H3,(H,18,27)(H,19,22)(H,21,26)/t11-,13-,14-/m0/s1. The van der Waals surface area contributed by atoms with E-state index in [4.69, 9.17) is 0 Å². The number of nitrogens with one attached hydrogen (secondary N) is 3. The minimum Gasteiger partial charge on any atom is -0.391 e. The number of carbonyl (C=O) groups is 2. The summed E-state index contributed by atoms with van der Waals surface area (Å²) >= 11 is 0. The van der Waals surface area contributed by atoms with Gasteiger partial charge in [-0.3, -0.25) is 14.7 Å². The molecule has 1 saturated carbocycles. The van der Waals surface area contributed by atoms with Gasteiger partial charge < -0.3 is 20.3 Å². The van der Waals surface area contributed by atoms with Crippen LogP contribution in [-0.2, 0) is 22.6 Å². The van der Waals surface area contributed by atoms with Crippen LogP contribution in [-0.4, -0.2) is 54.0 Å². The molecule has 27 heavy (non-hydrogen) atoms. The lowest BCUT2D eigenvalue weighted by molar-refractivity contribution is -0.125. The number of hydrogen-bond acceptors (Lipinski definition) is 6. The summed E-state index contributed by atoms with van der Waals surface area (Å²) in [4.78, 5) is 24.5. The van der Waals surface area contributed by atoms with Crippen molar-refractivity contribution >= 4 is 11.8 Å². The number of nitrogens with zero attached hydrogens (tertiary/aromatic N) is 4. The fourth-order valence-corrected chi connectivity index (χ4v) is 3.33. The summed E-state index contributed by atoms with van der Waals surface area (Å²) in [7, 11) is 0. The number of aromatic amines is 1. The van der Waals surface area contributed by atoms with Crippen LogP contribution < -0.4 is 10.6 Å². The number of rotatable bonds is 7. The Balaban J connectivity index is 1.49. The van der Waals surface area contributed by atoms with Gasteiger partial charge in [0.15, 0.2) is 5.82 Å². The lowest BCUT2D eigenvalue weighted by Crippen LogP contribution is -2.40. The maximum Gasteiger partial charge on any atom is 0.226 e. The highest BCUT2D eigenvalue weighted by atomic mass is 16.3. The lowest BCUT2D eigenvalue weighted by atomic mass is 10.1. The third-order valence-electron chi connectivity index (χ3n) is 4.78.